The third-order valence-electron chi connectivity index (χ3n) is 1.58. The largest absolute Gasteiger partial charge is 0.326 e. The second-order valence-corrected chi connectivity index (χ2v) is 3.80. The summed E-state index contributed by atoms with van der Waals surface area (Å²) < 4.78 is 26.3. The smallest absolute Gasteiger partial charge is 0.140 e. The van der Waals surface area contributed by atoms with Crippen LogP contribution in [0.4, 0.5) is 8.78 Å². The Morgan fingerprint density at radius 2 is 1.85 bits per heavy atom. The minimum atomic E-state index is -0.521. The molecule has 0 amide bonds. The number of rotatable bonds is 3. The highest BCUT2D eigenvalue weighted by molar-refractivity contribution is 7.99. The highest BCUT2D eigenvalue weighted by Gasteiger charge is 2.09. The number of hydrogen-bond acceptors (Lipinski definition) is 2. The highest BCUT2D eigenvalue weighted by Crippen LogP contribution is 2.25. The van der Waals surface area contributed by atoms with Gasteiger partial charge < -0.3 is 5.73 Å². The summed E-state index contributed by atoms with van der Waals surface area (Å²) in [7, 11) is 0. The van der Waals surface area contributed by atoms with Gasteiger partial charge in [0.1, 0.15) is 11.6 Å². The number of nitrogens with two attached hydrogens (primary N) is 1. The second kappa shape index (κ2) is 4.58. The lowest BCUT2D eigenvalue weighted by molar-refractivity contribution is 0.537. The Kier molecular flexibility index (Phi) is 3.69. The summed E-state index contributed by atoms with van der Waals surface area (Å²) in [5, 5.41) is 0. The molecule has 1 aromatic rings. The molecule has 0 unspecified atom stereocenters. The molecule has 4 heteroatoms. The first kappa shape index (κ1) is 10.5. The van der Waals surface area contributed by atoms with Gasteiger partial charge >= 0.3 is 0 Å². The molecular weight excluding hydrogens is 192 g/mol. The molecule has 0 atom stereocenters. The number of benzene rings is 1. The monoisotopic (exact) mass is 203 g/mol. The SMILES string of the molecule is CCSc1c(F)cc(CN)cc1F. The van der Waals surface area contributed by atoms with Gasteiger partial charge in [0.25, 0.3) is 0 Å². The van der Waals surface area contributed by atoms with Gasteiger partial charge in [-0.05, 0) is 23.4 Å². The van der Waals surface area contributed by atoms with Crippen LogP contribution in [0.5, 0.6) is 0 Å². The van der Waals surface area contributed by atoms with Crippen molar-refractivity contribution in [2.45, 2.75) is 18.4 Å². The van der Waals surface area contributed by atoms with Crippen LogP contribution in [-0.2, 0) is 6.54 Å². The maximum atomic E-state index is 13.2. The molecule has 0 fully saturated rings. The standard InChI is InChI=1S/C9H11F2NS/c1-2-13-9-7(10)3-6(5-12)4-8(9)11/h3-4H,2,5,12H2,1H3. The van der Waals surface area contributed by atoms with Crippen molar-refractivity contribution >= 4 is 11.8 Å². The fourth-order valence-electron chi connectivity index (χ4n) is 1.01. The van der Waals surface area contributed by atoms with Gasteiger partial charge in [0, 0.05) is 6.54 Å². The third-order valence-corrected chi connectivity index (χ3v) is 2.55. The predicted molar refractivity (Wildman–Crippen MR) is 50.6 cm³/mol. The van der Waals surface area contributed by atoms with Crippen LogP contribution in [0.1, 0.15) is 12.5 Å². The summed E-state index contributed by atoms with van der Waals surface area (Å²) in [4.78, 5) is 0.0831. The van der Waals surface area contributed by atoms with Crippen LogP contribution in [-0.4, -0.2) is 5.75 Å². The van der Waals surface area contributed by atoms with E-state index in [-0.39, 0.29) is 11.4 Å². The average molecular weight is 203 g/mol. The highest BCUT2D eigenvalue weighted by atomic mass is 32.2. The van der Waals surface area contributed by atoms with Gasteiger partial charge in [-0.3, -0.25) is 0 Å². The number of halogens is 2. The lowest BCUT2D eigenvalue weighted by Gasteiger charge is -2.04. The summed E-state index contributed by atoms with van der Waals surface area (Å²) in [5.41, 5.74) is 5.75. The zero-order valence-corrected chi connectivity index (χ0v) is 8.13. The molecule has 0 aliphatic heterocycles. The van der Waals surface area contributed by atoms with Crippen molar-refractivity contribution in [1.82, 2.24) is 0 Å². The quantitative estimate of drug-likeness (QED) is 0.764. The van der Waals surface area contributed by atoms with Crippen LogP contribution < -0.4 is 5.73 Å². The predicted octanol–water partition coefficient (Wildman–Crippen LogP) is 2.54. The molecule has 0 bridgehead atoms. The molecule has 0 spiro atoms. The van der Waals surface area contributed by atoms with Gasteiger partial charge in [0.15, 0.2) is 0 Å². The van der Waals surface area contributed by atoms with E-state index >= 15 is 0 Å². The van der Waals surface area contributed by atoms with Crippen LogP contribution >= 0.6 is 11.8 Å². The minimum absolute atomic E-state index is 0.0831. The topological polar surface area (TPSA) is 26.0 Å². The van der Waals surface area contributed by atoms with E-state index in [0.29, 0.717) is 11.3 Å². The Hall–Kier alpha value is -0.610. The van der Waals surface area contributed by atoms with Crippen molar-refractivity contribution in [2.75, 3.05) is 5.75 Å². The molecule has 0 aliphatic rings. The first-order valence-electron chi connectivity index (χ1n) is 3.99. The molecule has 1 aromatic carbocycles. The minimum Gasteiger partial charge on any atom is -0.326 e. The zero-order valence-electron chi connectivity index (χ0n) is 7.31. The fourth-order valence-corrected chi connectivity index (χ4v) is 1.69. The van der Waals surface area contributed by atoms with Gasteiger partial charge in [0.2, 0.25) is 0 Å². The van der Waals surface area contributed by atoms with Crippen LogP contribution in [0.2, 0.25) is 0 Å². The van der Waals surface area contributed by atoms with E-state index < -0.39 is 11.6 Å². The Bertz CT molecular complexity index is 279. The summed E-state index contributed by atoms with van der Waals surface area (Å²) in [6.07, 6.45) is 0. The molecule has 72 valence electrons. The lowest BCUT2D eigenvalue weighted by atomic mass is 10.2. The molecule has 2 N–H and O–H groups in total. The maximum absolute atomic E-state index is 13.2. The second-order valence-electron chi connectivity index (χ2n) is 2.53. The molecule has 0 saturated heterocycles. The summed E-state index contributed by atoms with van der Waals surface area (Å²) in [6.45, 7) is 2.01. The molecule has 1 rings (SSSR count). The normalized spacial score (nSPS) is 10.5. The van der Waals surface area contributed by atoms with Crippen molar-refractivity contribution in [3.63, 3.8) is 0 Å². The van der Waals surface area contributed by atoms with Crippen LogP contribution in [0.15, 0.2) is 17.0 Å². The third kappa shape index (κ3) is 2.42. The van der Waals surface area contributed by atoms with Gasteiger partial charge in [-0.1, -0.05) is 6.92 Å². The van der Waals surface area contributed by atoms with Crippen LogP contribution in [0, 0.1) is 11.6 Å². The number of thioether (sulfide) groups is 1. The summed E-state index contributed by atoms with van der Waals surface area (Å²) >= 11 is 1.16. The van der Waals surface area contributed by atoms with Crippen molar-refractivity contribution in [2.24, 2.45) is 5.73 Å². The van der Waals surface area contributed by atoms with E-state index in [4.69, 9.17) is 5.73 Å². The van der Waals surface area contributed by atoms with Gasteiger partial charge in [-0.2, -0.15) is 0 Å². The Balaban J connectivity index is 3.07. The molecule has 1 nitrogen and oxygen atoms in total. The molecule has 0 aromatic heterocycles. The molecule has 0 aliphatic carbocycles. The Morgan fingerprint density at radius 3 is 2.23 bits per heavy atom. The van der Waals surface area contributed by atoms with E-state index in [2.05, 4.69) is 0 Å². The molecule has 0 heterocycles. The van der Waals surface area contributed by atoms with Crippen molar-refractivity contribution in [3.8, 4) is 0 Å². The van der Waals surface area contributed by atoms with Gasteiger partial charge in [-0.25, -0.2) is 8.78 Å². The van der Waals surface area contributed by atoms with Crippen molar-refractivity contribution in [1.29, 1.82) is 0 Å². The maximum Gasteiger partial charge on any atom is 0.140 e. The van der Waals surface area contributed by atoms with Gasteiger partial charge in [-0.15, -0.1) is 11.8 Å². The summed E-state index contributed by atoms with van der Waals surface area (Å²) in [6, 6.07) is 2.56. The van der Waals surface area contributed by atoms with Gasteiger partial charge in [0.05, 0.1) is 4.90 Å². The van der Waals surface area contributed by atoms with E-state index in [9.17, 15) is 8.78 Å². The van der Waals surface area contributed by atoms with E-state index in [0.717, 1.165) is 11.8 Å². The Labute approximate surface area is 80.3 Å². The van der Waals surface area contributed by atoms with E-state index in [1.165, 1.54) is 12.1 Å². The molecular formula is C9H11F2NS. The lowest BCUT2D eigenvalue weighted by Crippen LogP contribution is -1.99. The molecule has 0 saturated carbocycles. The Morgan fingerprint density at radius 1 is 1.31 bits per heavy atom. The molecule has 0 radical (unpaired) electrons. The fraction of sp³-hybridized carbons (Fsp3) is 0.333. The van der Waals surface area contributed by atoms with Crippen molar-refractivity contribution < 1.29 is 8.78 Å². The van der Waals surface area contributed by atoms with Crippen LogP contribution in [0.25, 0.3) is 0 Å². The van der Waals surface area contributed by atoms with Crippen LogP contribution in [0.3, 0.4) is 0 Å². The first-order valence-corrected chi connectivity index (χ1v) is 4.98. The summed E-state index contributed by atoms with van der Waals surface area (Å²) in [5.74, 6) is -0.393. The zero-order chi connectivity index (χ0) is 9.84. The first-order chi connectivity index (χ1) is 6.19. The van der Waals surface area contributed by atoms with E-state index in [1.807, 2.05) is 6.92 Å². The average Bonchev–Trinajstić information content (AvgIpc) is 2.11. The number of hydrogen-bond donors (Lipinski definition) is 1. The van der Waals surface area contributed by atoms with E-state index in [1.54, 1.807) is 0 Å². The van der Waals surface area contributed by atoms with Crippen molar-refractivity contribution in [3.05, 3.63) is 29.3 Å². The molecule has 13 heavy (non-hydrogen) atoms.